The highest BCUT2D eigenvalue weighted by atomic mass is 16.6. The molecule has 4 rings (SSSR count). The predicted molar refractivity (Wildman–Crippen MR) is 128 cm³/mol. The molecule has 0 aromatic heterocycles. The lowest BCUT2D eigenvalue weighted by molar-refractivity contribution is -0.384. The van der Waals surface area contributed by atoms with Crippen LogP contribution in [0.4, 0.5) is 11.4 Å². The van der Waals surface area contributed by atoms with Crippen molar-refractivity contribution in [3.8, 4) is 5.75 Å². The van der Waals surface area contributed by atoms with E-state index >= 15 is 0 Å². The molecule has 8 nitrogen and oxygen atoms in total. The number of ketones is 1. The molecule has 1 amide bonds. The van der Waals surface area contributed by atoms with E-state index in [1.54, 1.807) is 36.4 Å². The summed E-state index contributed by atoms with van der Waals surface area (Å²) in [5.74, 6) is -0.533. The van der Waals surface area contributed by atoms with Crippen LogP contribution < -0.4 is 15.4 Å². The van der Waals surface area contributed by atoms with Crippen LogP contribution in [0.3, 0.4) is 0 Å². The number of allylic oxidation sites excluding steroid dienone is 3. The van der Waals surface area contributed by atoms with Gasteiger partial charge in [0.05, 0.1) is 17.7 Å². The van der Waals surface area contributed by atoms with Crippen LogP contribution in [0.5, 0.6) is 5.75 Å². The van der Waals surface area contributed by atoms with E-state index in [-0.39, 0.29) is 22.8 Å². The molecule has 1 heterocycles. The fraction of sp³-hybridized carbons (Fsp3) is 0.308. The second-order valence-electron chi connectivity index (χ2n) is 9.43. The summed E-state index contributed by atoms with van der Waals surface area (Å²) in [6, 6.07) is 13.1. The molecule has 1 aliphatic heterocycles. The number of rotatable bonds is 5. The van der Waals surface area contributed by atoms with E-state index in [2.05, 4.69) is 10.6 Å². The van der Waals surface area contributed by atoms with Gasteiger partial charge in [-0.15, -0.1) is 0 Å². The second-order valence-corrected chi connectivity index (χ2v) is 9.43. The number of non-ortho nitro benzene ring substituents is 1. The number of carbonyl (C=O) groups excluding carboxylic acids is 2. The normalized spacial score (nSPS) is 19.3. The van der Waals surface area contributed by atoms with Gasteiger partial charge in [-0.25, -0.2) is 0 Å². The molecule has 0 spiro atoms. The van der Waals surface area contributed by atoms with Crippen molar-refractivity contribution in [3.63, 3.8) is 0 Å². The lowest BCUT2D eigenvalue weighted by Gasteiger charge is -2.39. The van der Waals surface area contributed by atoms with Crippen molar-refractivity contribution in [2.45, 2.75) is 39.5 Å². The number of hydrogen-bond donors (Lipinski definition) is 2. The molecule has 2 aromatic carbocycles. The van der Waals surface area contributed by atoms with Crippen LogP contribution in [0.2, 0.25) is 0 Å². The quantitative estimate of drug-likeness (QED) is 0.487. The molecule has 2 aromatic rings. The number of ether oxygens (including phenoxy) is 1. The number of benzene rings is 2. The molecule has 0 saturated heterocycles. The number of dihydropyridines is 1. The molecule has 0 radical (unpaired) electrons. The van der Waals surface area contributed by atoms with Gasteiger partial charge in [-0.3, -0.25) is 19.7 Å². The average Bonchev–Trinajstić information content (AvgIpc) is 2.77. The average molecular weight is 462 g/mol. The molecule has 176 valence electrons. The number of nitrogens with zero attached hydrogens (tertiary/aromatic N) is 1. The van der Waals surface area contributed by atoms with E-state index in [1.807, 2.05) is 20.8 Å². The number of anilines is 1. The minimum Gasteiger partial charge on any atom is -0.495 e. The molecule has 8 heteroatoms. The van der Waals surface area contributed by atoms with E-state index in [9.17, 15) is 19.7 Å². The van der Waals surface area contributed by atoms with Crippen LogP contribution in [0.15, 0.2) is 71.1 Å². The van der Waals surface area contributed by atoms with Crippen molar-refractivity contribution in [3.05, 3.63) is 86.7 Å². The van der Waals surface area contributed by atoms with Crippen LogP contribution >= 0.6 is 0 Å². The van der Waals surface area contributed by atoms with E-state index in [0.29, 0.717) is 46.7 Å². The maximum absolute atomic E-state index is 13.6. The van der Waals surface area contributed by atoms with Gasteiger partial charge in [-0.2, -0.15) is 0 Å². The second kappa shape index (κ2) is 8.78. The van der Waals surface area contributed by atoms with Gasteiger partial charge in [0.25, 0.3) is 11.6 Å². The van der Waals surface area contributed by atoms with Gasteiger partial charge in [-0.1, -0.05) is 38.1 Å². The number of Topliss-reactive ketones (excluding diaryl/α,β-unsaturated/α-hetero) is 1. The summed E-state index contributed by atoms with van der Waals surface area (Å²) in [4.78, 5) is 37.7. The van der Waals surface area contributed by atoms with Crippen molar-refractivity contribution in [1.82, 2.24) is 5.32 Å². The SMILES string of the molecule is COc1ccccc1NC(=O)C1=C(C)NC2=C(C(=O)CC(C)(C)C2)[C@H]1c1ccc([N+](=O)[O-])cc1. The van der Waals surface area contributed by atoms with Gasteiger partial charge in [-0.05, 0) is 36.5 Å². The maximum Gasteiger partial charge on any atom is 0.269 e. The third kappa shape index (κ3) is 4.31. The Balaban J connectivity index is 1.81. The lowest BCUT2D eigenvalue weighted by Crippen LogP contribution is -2.39. The molecule has 1 aliphatic carbocycles. The first-order valence-corrected chi connectivity index (χ1v) is 11.0. The van der Waals surface area contributed by atoms with Crippen molar-refractivity contribution in [1.29, 1.82) is 0 Å². The summed E-state index contributed by atoms with van der Waals surface area (Å²) < 4.78 is 5.36. The fourth-order valence-corrected chi connectivity index (χ4v) is 4.80. The first-order valence-electron chi connectivity index (χ1n) is 11.0. The Labute approximate surface area is 197 Å². The highest BCUT2D eigenvalue weighted by Gasteiger charge is 2.42. The topological polar surface area (TPSA) is 111 Å². The van der Waals surface area contributed by atoms with Gasteiger partial charge >= 0.3 is 0 Å². The Bertz CT molecular complexity index is 1240. The van der Waals surface area contributed by atoms with Crippen molar-refractivity contribution >= 4 is 23.1 Å². The predicted octanol–water partition coefficient (Wildman–Crippen LogP) is 4.85. The number of nitro benzene ring substituents is 1. The molecule has 0 bridgehead atoms. The lowest BCUT2D eigenvalue weighted by atomic mass is 9.68. The van der Waals surface area contributed by atoms with Crippen LogP contribution in [0.1, 0.15) is 45.1 Å². The first kappa shape index (κ1) is 23.2. The molecule has 2 N–H and O–H groups in total. The van der Waals surface area contributed by atoms with Crippen LogP contribution in [-0.2, 0) is 9.59 Å². The molecule has 0 fully saturated rings. The monoisotopic (exact) mass is 461 g/mol. The number of amides is 1. The van der Waals surface area contributed by atoms with Crippen LogP contribution in [0, 0.1) is 15.5 Å². The summed E-state index contributed by atoms with van der Waals surface area (Å²) >= 11 is 0. The zero-order valence-electron chi connectivity index (χ0n) is 19.6. The summed E-state index contributed by atoms with van der Waals surface area (Å²) in [6.45, 7) is 5.89. The fourth-order valence-electron chi connectivity index (χ4n) is 4.80. The highest BCUT2D eigenvalue weighted by molar-refractivity contribution is 6.10. The Morgan fingerprint density at radius 3 is 2.47 bits per heavy atom. The smallest absolute Gasteiger partial charge is 0.269 e. The third-order valence-electron chi connectivity index (χ3n) is 6.28. The molecule has 34 heavy (non-hydrogen) atoms. The van der Waals surface area contributed by atoms with Crippen molar-refractivity contribution < 1.29 is 19.2 Å². The summed E-state index contributed by atoms with van der Waals surface area (Å²) in [5.41, 5.74) is 3.28. The molecule has 1 atom stereocenters. The Morgan fingerprint density at radius 2 is 1.82 bits per heavy atom. The first-order chi connectivity index (χ1) is 16.1. The molecular formula is C26H27N3O5. The van der Waals surface area contributed by atoms with Crippen LogP contribution in [0.25, 0.3) is 0 Å². The zero-order chi connectivity index (χ0) is 24.6. The number of nitrogens with one attached hydrogen (secondary N) is 2. The number of carbonyl (C=O) groups is 2. The third-order valence-corrected chi connectivity index (χ3v) is 6.28. The largest absolute Gasteiger partial charge is 0.495 e. The van der Waals surface area contributed by atoms with E-state index < -0.39 is 10.8 Å². The van der Waals surface area contributed by atoms with Gasteiger partial charge < -0.3 is 15.4 Å². The van der Waals surface area contributed by atoms with Gasteiger partial charge in [0.2, 0.25) is 0 Å². The van der Waals surface area contributed by atoms with E-state index in [0.717, 1.165) is 5.70 Å². The van der Waals surface area contributed by atoms with E-state index in [1.165, 1.54) is 19.2 Å². The highest BCUT2D eigenvalue weighted by Crippen LogP contribution is 2.47. The summed E-state index contributed by atoms with van der Waals surface area (Å²) in [6.07, 6.45) is 1.02. The molecule has 0 saturated carbocycles. The summed E-state index contributed by atoms with van der Waals surface area (Å²) in [5, 5.41) is 17.4. The minimum atomic E-state index is -0.643. The van der Waals surface area contributed by atoms with Crippen LogP contribution in [-0.4, -0.2) is 23.7 Å². The van der Waals surface area contributed by atoms with Gasteiger partial charge in [0.15, 0.2) is 5.78 Å². The van der Waals surface area contributed by atoms with Crippen molar-refractivity contribution in [2.24, 2.45) is 5.41 Å². The zero-order valence-corrected chi connectivity index (χ0v) is 19.6. The van der Waals surface area contributed by atoms with E-state index in [4.69, 9.17) is 4.74 Å². The van der Waals surface area contributed by atoms with Gasteiger partial charge in [0.1, 0.15) is 5.75 Å². The number of methoxy groups -OCH3 is 1. The van der Waals surface area contributed by atoms with Crippen molar-refractivity contribution in [2.75, 3.05) is 12.4 Å². The van der Waals surface area contributed by atoms with Gasteiger partial charge in [0, 0.05) is 47.0 Å². The minimum absolute atomic E-state index is 0.0304. The number of para-hydroxylation sites is 2. The Kier molecular flexibility index (Phi) is 6.00. The molecule has 2 aliphatic rings. The Morgan fingerprint density at radius 1 is 1.15 bits per heavy atom. The standard InChI is InChI=1S/C26H27N3O5/c1-15-22(25(31)28-18-7-5-6-8-21(18)34-4)23(16-9-11-17(12-10-16)29(32)33)24-19(27-15)13-26(2,3)14-20(24)30/h5-12,23,27H,13-14H2,1-4H3,(H,28,31)/t23-/m0/s1. The number of hydrogen-bond acceptors (Lipinski definition) is 6. The maximum atomic E-state index is 13.6. The molecular weight excluding hydrogens is 434 g/mol. The number of nitro groups is 1. The summed E-state index contributed by atoms with van der Waals surface area (Å²) in [7, 11) is 1.52. The molecule has 0 unspecified atom stereocenters. The Hall–Kier alpha value is -3.94.